The van der Waals surface area contributed by atoms with Gasteiger partial charge in [-0.05, 0) is 0 Å². The van der Waals surface area contributed by atoms with E-state index in [2.05, 4.69) is 10.2 Å². The highest BCUT2D eigenvalue weighted by Gasteiger charge is 1.68. The molecule has 0 N–H and O–H groups in total. The van der Waals surface area contributed by atoms with Gasteiger partial charge in [-0.15, -0.1) is 6.20 Å². The predicted molar refractivity (Wildman–Crippen MR) is 22.6 cm³/mol. The predicted octanol–water partition coefficient (Wildman–Crippen LogP) is 0.692. The van der Waals surface area contributed by atoms with E-state index in [1.54, 1.807) is 0 Å². The molecule has 0 unspecified atom stereocenters. The van der Waals surface area contributed by atoms with Crippen LogP contribution in [-0.2, 0) is 0 Å². The lowest BCUT2D eigenvalue weighted by atomic mass is 10.8. The van der Waals surface area contributed by atoms with Crippen LogP contribution in [0.3, 0.4) is 0 Å². The van der Waals surface area contributed by atoms with E-state index in [1.807, 2.05) is 0 Å². The van der Waals surface area contributed by atoms with E-state index in [0.29, 0.717) is 5.02 Å². The first kappa shape index (κ1) is 3.68. The molecule has 1 aromatic rings. The van der Waals surface area contributed by atoms with Crippen LogP contribution in [0.1, 0.15) is 0 Å². The molecule has 1 rings (SSSR count). The number of rotatable bonds is 0. The summed E-state index contributed by atoms with van der Waals surface area (Å²) in [7, 11) is 0. The zero-order valence-electron chi connectivity index (χ0n) is 2.93. The second-order valence-electron chi connectivity index (χ2n) is 0.874. The monoisotopic (exact) mass is 101 g/mol. The van der Waals surface area contributed by atoms with Gasteiger partial charge in [0.2, 0.25) is 0 Å². The summed E-state index contributed by atoms with van der Waals surface area (Å²) in [6, 6.07) is 0. The molecule has 1 aromatic heterocycles. The third-order valence-electron chi connectivity index (χ3n) is 0.429. The molecule has 0 aromatic carbocycles. The van der Waals surface area contributed by atoms with Crippen LogP contribution in [0.2, 0.25) is 5.02 Å². The Kier molecular flexibility index (Phi) is 0.801. The zero-order chi connectivity index (χ0) is 4.41. The van der Waals surface area contributed by atoms with Crippen LogP contribution < -0.4 is 5.10 Å². The van der Waals surface area contributed by atoms with Crippen LogP contribution in [-0.4, -0.2) is 5.10 Å². The average molecular weight is 102 g/mol. The molecule has 0 atom stereocenters. The molecule has 0 radical (unpaired) electrons. The van der Waals surface area contributed by atoms with Gasteiger partial charge in [0.25, 0.3) is 0 Å². The van der Waals surface area contributed by atoms with Gasteiger partial charge in [-0.25, -0.2) is 0 Å². The van der Waals surface area contributed by atoms with Gasteiger partial charge in [0, 0.05) is 11.2 Å². The molecule has 3 heteroatoms. The number of aromatic nitrogens is 2. The van der Waals surface area contributed by atoms with Crippen LogP contribution in [0, 0.1) is 0 Å². The Hall–Kier alpha value is -0.500. The third-order valence-corrected chi connectivity index (χ3v) is 0.624. The minimum atomic E-state index is 0.593. The number of halogens is 1. The lowest BCUT2D eigenvalue weighted by Gasteiger charge is -1.73. The molecule has 0 aliphatic carbocycles. The molecule has 0 aliphatic heterocycles. The van der Waals surface area contributed by atoms with Gasteiger partial charge in [-0.1, -0.05) is 11.6 Å². The van der Waals surface area contributed by atoms with Crippen molar-refractivity contribution in [3.8, 4) is 0 Å². The van der Waals surface area contributed by atoms with Gasteiger partial charge in [0.1, 0.15) is 0 Å². The zero-order valence-corrected chi connectivity index (χ0v) is 3.68. The second-order valence-corrected chi connectivity index (χ2v) is 1.31. The van der Waals surface area contributed by atoms with Crippen molar-refractivity contribution in [3.05, 3.63) is 17.4 Å². The fourth-order valence-corrected chi connectivity index (χ4v) is 0.298. The minimum Gasteiger partial charge on any atom is -0.581 e. The Morgan fingerprint density at radius 1 is 1.83 bits per heavy atom. The fraction of sp³-hybridized carbons (Fsp3) is 0. The van der Waals surface area contributed by atoms with Crippen molar-refractivity contribution >= 4 is 11.6 Å². The normalized spacial score (nSPS) is 8.83. The molecule has 0 bridgehead atoms. The van der Waals surface area contributed by atoms with Gasteiger partial charge in [0.15, 0.2) is 0 Å². The first-order chi connectivity index (χ1) is 2.89. The summed E-state index contributed by atoms with van der Waals surface area (Å²) in [6.45, 7) is 0. The molecule has 0 saturated heterocycles. The van der Waals surface area contributed by atoms with Crippen molar-refractivity contribution < 1.29 is 0 Å². The molecule has 6 heavy (non-hydrogen) atoms. The smallest absolute Gasteiger partial charge is 0.0362 e. The standard InChI is InChI=1S/C3H2ClN2/c4-3-1-5-6-2-3/h1-2H/q-1. The molecule has 0 aliphatic rings. The van der Waals surface area contributed by atoms with E-state index in [0.717, 1.165) is 0 Å². The lowest BCUT2D eigenvalue weighted by molar-refractivity contribution is 1.06. The SMILES string of the molecule is Clc1cn[n-]c1. The largest absolute Gasteiger partial charge is 0.581 e. The van der Waals surface area contributed by atoms with Crippen molar-refractivity contribution in [2.45, 2.75) is 0 Å². The fourth-order valence-electron chi connectivity index (χ4n) is 0.210. The third kappa shape index (κ3) is 0.518. The van der Waals surface area contributed by atoms with E-state index >= 15 is 0 Å². The molecule has 0 amide bonds. The van der Waals surface area contributed by atoms with Crippen LogP contribution in [0.15, 0.2) is 12.4 Å². The second kappa shape index (κ2) is 1.30. The van der Waals surface area contributed by atoms with Gasteiger partial charge in [-0.2, -0.15) is 0 Å². The number of nitrogens with zero attached hydrogens (tertiary/aromatic N) is 2. The van der Waals surface area contributed by atoms with Crippen LogP contribution >= 0.6 is 11.6 Å². The molecule has 0 saturated carbocycles. The van der Waals surface area contributed by atoms with Crippen molar-refractivity contribution in [3.63, 3.8) is 0 Å². The lowest BCUT2D eigenvalue weighted by Crippen LogP contribution is -1.60. The Morgan fingerprint density at radius 2 is 2.67 bits per heavy atom. The van der Waals surface area contributed by atoms with Gasteiger partial charge in [-0.3, -0.25) is 0 Å². The summed E-state index contributed by atoms with van der Waals surface area (Å²) in [5.74, 6) is 0. The summed E-state index contributed by atoms with van der Waals surface area (Å²) < 4.78 is 0. The molecular weight excluding hydrogens is 99.5 g/mol. The van der Waals surface area contributed by atoms with Gasteiger partial charge in [0.05, 0.1) is 0 Å². The summed E-state index contributed by atoms with van der Waals surface area (Å²) >= 11 is 5.33. The van der Waals surface area contributed by atoms with Crippen molar-refractivity contribution in [1.82, 2.24) is 10.2 Å². The maximum atomic E-state index is 5.33. The van der Waals surface area contributed by atoms with Crippen LogP contribution in [0.4, 0.5) is 0 Å². The quantitative estimate of drug-likeness (QED) is 0.481. The maximum absolute atomic E-state index is 5.33. The van der Waals surface area contributed by atoms with E-state index in [-0.39, 0.29) is 0 Å². The summed E-state index contributed by atoms with van der Waals surface area (Å²) in [6.07, 6.45) is 2.98. The van der Waals surface area contributed by atoms with Crippen molar-refractivity contribution in [1.29, 1.82) is 0 Å². The molecule has 1 heterocycles. The Labute approximate surface area is 40.1 Å². The molecular formula is C3H2ClN2-. The summed E-state index contributed by atoms with van der Waals surface area (Å²) in [5, 5.41) is 7.47. The van der Waals surface area contributed by atoms with E-state index in [9.17, 15) is 0 Å². The van der Waals surface area contributed by atoms with E-state index < -0.39 is 0 Å². The average Bonchev–Trinajstić information content (AvgIpc) is 1.86. The van der Waals surface area contributed by atoms with Crippen molar-refractivity contribution in [2.75, 3.05) is 0 Å². The van der Waals surface area contributed by atoms with Crippen molar-refractivity contribution in [2.24, 2.45) is 0 Å². The van der Waals surface area contributed by atoms with Crippen LogP contribution in [0.5, 0.6) is 0 Å². The summed E-state index contributed by atoms with van der Waals surface area (Å²) in [4.78, 5) is 0. The maximum Gasteiger partial charge on any atom is 0.0362 e. The first-order valence-electron chi connectivity index (χ1n) is 1.48. The van der Waals surface area contributed by atoms with E-state index in [1.165, 1.54) is 12.4 Å². The highest BCUT2D eigenvalue weighted by Crippen LogP contribution is 1.98. The highest BCUT2D eigenvalue weighted by molar-refractivity contribution is 6.30. The Morgan fingerprint density at radius 3 is 2.83 bits per heavy atom. The van der Waals surface area contributed by atoms with Gasteiger partial charge >= 0.3 is 0 Å². The van der Waals surface area contributed by atoms with E-state index in [4.69, 9.17) is 11.6 Å². The van der Waals surface area contributed by atoms with Gasteiger partial charge < -0.3 is 10.2 Å². The molecule has 0 spiro atoms. The molecule has 2 nitrogen and oxygen atoms in total. The number of hydrogen-bond donors (Lipinski definition) is 0. The topological polar surface area (TPSA) is 27.0 Å². The first-order valence-corrected chi connectivity index (χ1v) is 1.86. The number of hydrogen-bond acceptors (Lipinski definition) is 1. The minimum absolute atomic E-state index is 0.593. The molecule has 0 fully saturated rings. The summed E-state index contributed by atoms with van der Waals surface area (Å²) in [5.41, 5.74) is 0. The molecule has 32 valence electrons. The van der Waals surface area contributed by atoms with Crippen LogP contribution in [0.25, 0.3) is 0 Å². The highest BCUT2D eigenvalue weighted by atomic mass is 35.5. The Bertz CT molecular complexity index is 112. The Balaban J connectivity index is 3.05.